The summed E-state index contributed by atoms with van der Waals surface area (Å²) in [5.41, 5.74) is 2.28. The van der Waals surface area contributed by atoms with Crippen LogP contribution in [0.15, 0.2) is 30.6 Å². The van der Waals surface area contributed by atoms with E-state index < -0.39 is 0 Å². The molecule has 1 saturated heterocycles. The van der Waals surface area contributed by atoms with Crippen molar-refractivity contribution in [1.29, 1.82) is 5.41 Å². The average Bonchev–Trinajstić information content (AvgIpc) is 3.13. The van der Waals surface area contributed by atoms with E-state index in [9.17, 15) is 0 Å². The summed E-state index contributed by atoms with van der Waals surface area (Å²) in [5, 5.41) is 10.5. The number of aryl methyl sites for hydroxylation is 2. The van der Waals surface area contributed by atoms with Crippen LogP contribution in [0.2, 0.25) is 0 Å². The number of nitrogens with zero attached hydrogens (tertiary/aromatic N) is 3. The van der Waals surface area contributed by atoms with Gasteiger partial charge in [0.25, 0.3) is 0 Å². The van der Waals surface area contributed by atoms with E-state index in [0.29, 0.717) is 12.1 Å². The molecule has 6 nitrogen and oxygen atoms in total. The van der Waals surface area contributed by atoms with Crippen molar-refractivity contribution in [1.82, 2.24) is 14.5 Å². The molecule has 3 heterocycles. The molecule has 0 spiro atoms. The molecule has 28 heavy (non-hydrogen) atoms. The van der Waals surface area contributed by atoms with Gasteiger partial charge in [-0.2, -0.15) is 0 Å². The quantitative estimate of drug-likeness (QED) is 0.647. The molecule has 0 bridgehead atoms. The van der Waals surface area contributed by atoms with Crippen LogP contribution in [-0.4, -0.2) is 53.9 Å². The van der Waals surface area contributed by atoms with Crippen LogP contribution in [-0.2, 0) is 4.74 Å². The number of hydrogen-bond acceptors (Lipinski definition) is 6. The summed E-state index contributed by atoms with van der Waals surface area (Å²) in [5.74, 6) is 0.853. The van der Waals surface area contributed by atoms with E-state index in [0.717, 1.165) is 66.5 Å². The fourth-order valence-corrected chi connectivity index (χ4v) is 4.29. The van der Waals surface area contributed by atoms with Crippen LogP contribution in [0.3, 0.4) is 0 Å². The maximum Gasteiger partial charge on any atom is 0.140 e. The van der Waals surface area contributed by atoms with Gasteiger partial charge in [-0.1, -0.05) is 0 Å². The van der Waals surface area contributed by atoms with Crippen LogP contribution in [0.25, 0.3) is 15.9 Å². The molecule has 7 heteroatoms. The summed E-state index contributed by atoms with van der Waals surface area (Å²) in [4.78, 5) is 8.22. The third-order valence-corrected chi connectivity index (χ3v) is 6.05. The maximum atomic E-state index is 8.61. The van der Waals surface area contributed by atoms with Gasteiger partial charge in [-0.05, 0) is 44.0 Å². The monoisotopic (exact) mass is 398 g/mol. The molecule has 3 aromatic rings. The molecule has 1 aliphatic heterocycles. The van der Waals surface area contributed by atoms with Crippen molar-refractivity contribution in [3.63, 3.8) is 0 Å². The fraction of sp³-hybridized carbons (Fsp3) is 0.429. The number of benzene rings is 1. The summed E-state index contributed by atoms with van der Waals surface area (Å²) >= 11 is 1.66. The molecule has 1 aliphatic rings. The summed E-state index contributed by atoms with van der Waals surface area (Å²) in [6.45, 7) is 9.49. The zero-order valence-corrected chi connectivity index (χ0v) is 17.2. The molecule has 2 aromatic heterocycles. The lowest BCUT2D eigenvalue weighted by molar-refractivity contribution is 0.0358. The fourth-order valence-electron chi connectivity index (χ4n) is 3.45. The number of aromatic nitrogens is 2. The van der Waals surface area contributed by atoms with Gasteiger partial charge in [0.1, 0.15) is 22.6 Å². The van der Waals surface area contributed by atoms with E-state index >= 15 is 0 Å². The molecule has 0 amide bonds. The zero-order chi connectivity index (χ0) is 19.5. The molecular formula is C21H26N4O2S. The second kappa shape index (κ2) is 8.43. The van der Waals surface area contributed by atoms with Crippen molar-refractivity contribution in [3.05, 3.63) is 46.5 Å². The highest BCUT2D eigenvalue weighted by molar-refractivity contribution is 7.14. The molecule has 1 fully saturated rings. The van der Waals surface area contributed by atoms with Gasteiger partial charge in [-0.15, -0.1) is 11.3 Å². The highest BCUT2D eigenvalue weighted by Crippen LogP contribution is 2.24. The maximum absolute atomic E-state index is 8.61. The van der Waals surface area contributed by atoms with Gasteiger partial charge in [0.2, 0.25) is 0 Å². The summed E-state index contributed by atoms with van der Waals surface area (Å²) in [7, 11) is 0. The van der Waals surface area contributed by atoms with Crippen LogP contribution in [0, 0.1) is 19.3 Å². The number of fused-ring (bicyclic) bond motifs is 1. The Bertz CT molecular complexity index is 1020. The first-order valence-electron chi connectivity index (χ1n) is 9.68. The Kier molecular flexibility index (Phi) is 5.75. The molecule has 0 unspecified atom stereocenters. The van der Waals surface area contributed by atoms with Gasteiger partial charge < -0.3 is 9.47 Å². The molecule has 1 aromatic carbocycles. The predicted molar refractivity (Wildman–Crippen MR) is 112 cm³/mol. The smallest absolute Gasteiger partial charge is 0.140 e. The summed E-state index contributed by atoms with van der Waals surface area (Å²) < 4.78 is 13.2. The van der Waals surface area contributed by atoms with Crippen molar-refractivity contribution < 1.29 is 9.47 Å². The van der Waals surface area contributed by atoms with Crippen molar-refractivity contribution in [3.8, 4) is 10.8 Å². The molecule has 0 saturated carbocycles. The first-order chi connectivity index (χ1) is 13.6. The van der Waals surface area contributed by atoms with Crippen molar-refractivity contribution >= 4 is 22.2 Å². The minimum atomic E-state index is 0.453. The van der Waals surface area contributed by atoms with Gasteiger partial charge in [0, 0.05) is 36.0 Å². The van der Waals surface area contributed by atoms with Gasteiger partial charge in [0.05, 0.1) is 25.3 Å². The standard InChI is InChI=1S/C21H26N4O2S/c1-15-12-17-18(23-14-25(21(17)22)20-5-4-16(2)28-20)13-19(15)27-9-3-6-24-7-10-26-11-8-24/h4-5,12-14,22H,3,6-11H2,1-2H3. The van der Waals surface area contributed by atoms with E-state index in [1.165, 1.54) is 4.88 Å². The number of rotatable bonds is 6. The zero-order valence-electron chi connectivity index (χ0n) is 16.4. The Morgan fingerprint density at radius 2 is 2.04 bits per heavy atom. The van der Waals surface area contributed by atoms with E-state index in [1.807, 2.05) is 29.7 Å². The third kappa shape index (κ3) is 4.11. The molecule has 0 aliphatic carbocycles. The van der Waals surface area contributed by atoms with Crippen molar-refractivity contribution in [2.75, 3.05) is 39.5 Å². The average molecular weight is 399 g/mol. The second-order valence-electron chi connectivity index (χ2n) is 7.14. The first-order valence-corrected chi connectivity index (χ1v) is 10.5. The number of nitrogens with one attached hydrogen (secondary N) is 1. The van der Waals surface area contributed by atoms with Gasteiger partial charge in [-0.3, -0.25) is 14.9 Å². The van der Waals surface area contributed by atoms with Crippen LogP contribution in [0.1, 0.15) is 16.9 Å². The largest absolute Gasteiger partial charge is 0.493 e. The molecule has 0 atom stereocenters. The van der Waals surface area contributed by atoms with Gasteiger partial charge >= 0.3 is 0 Å². The second-order valence-corrected chi connectivity index (χ2v) is 8.40. The van der Waals surface area contributed by atoms with Gasteiger partial charge in [0.15, 0.2) is 0 Å². The highest BCUT2D eigenvalue weighted by atomic mass is 32.1. The summed E-state index contributed by atoms with van der Waals surface area (Å²) in [6.07, 6.45) is 2.72. The number of hydrogen-bond donors (Lipinski definition) is 1. The summed E-state index contributed by atoms with van der Waals surface area (Å²) in [6, 6.07) is 8.07. The molecular weight excluding hydrogens is 372 g/mol. The Morgan fingerprint density at radius 1 is 1.21 bits per heavy atom. The Hall–Kier alpha value is -2.22. The Labute approximate surface area is 168 Å². The van der Waals surface area contributed by atoms with Crippen LogP contribution in [0.4, 0.5) is 0 Å². The van der Waals surface area contributed by atoms with E-state index in [-0.39, 0.29) is 0 Å². The molecule has 1 N–H and O–H groups in total. The Morgan fingerprint density at radius 3 is 2.79 bits per heavy atom. The van der Waals surface area contributed by atoms with Crippen molar-refractivity contribution in [2.24, 2.45) is 0 Å². The lowest BCUT2D eigenvalue weighted by Crippen LogP contribution is -2.37. The number of ether oxygens (including phenoxy) is 2. The predicted octanol–water partition coefficient (Wildman–Crippen LogP) is 3.28. The third-order valence-electron chi connectivity index (χ3n) is 5.05. The number of morpholine rings is 1. The van der Waals surface area contributed by atoms with E-state index in [4.69, 9.17) is 14.9 Å². The molecule has 0 radical (unpaired) electrons. The normalized spacial score (nSPS) is 15.2. The van der Waals surface area contributed by atoms with Crippen LogP contribution in [0.5, 0.6) is 5.75 Å². The topological polar surface area (TPSA) is 63.4 Å². The minimum Gasteiger partial charge on any atom is -0.493 e. The van der Waals surface area contributed by atoms with Crippen molar-refractivity contribution in [2.45, 2.75) is 20.3 Å². The molecule has 148 valence electrons. The highest BCUT2D eigenvalue weighted by Gasteiger charge is 2.11. The SMILES string of the molecule is Cc1ccc(-n2cnc3cc(OCCCN4CCOCC4)c(C)cc3c2=N)s1. The lowest BCUT2D eigenvalue weighted by Gasteiger charge is -2.26. The lowest BCUT2D eigenvalue weighted by atomic mass is 10.1. The van der Waals surface area contributed by atoms with Crippen LogP contribution >= 0.6 is 11.3 Å². The number of thiophene rings is 1. The van der Waals surface area contributed by atoms with E-state index in [1.54, 1.807) is 17.7 Å². The van der Waals surface area contributed by atoms with Crippen LogP contribution < -0.4 is 10.2 Å². The minimum absolute atomic E-state index is 0.453. The van der Waals surface area contributed by atoms with E-state index in [2.05, 4.69) is 22.9 Å². The van der Waals surface area contributed by atoms with Gasteiger partial charge in [-0.25, -0.2) is 4.98 Å². The first kappa shape index (κ1) is 19.1. The Balaban J connectivity index is 1.48. The molecule has 4 rings (SSSR count).